The summed E-state index contributed by atoms with van der Waals surface area (Å²) in [4.78, 5) is 26.7. The van der Waals surface area contributed by atoms with Crippen molar-refractivity contribution in [2.45, 2.75) is 33.2 Å². The highest BCUT2D eigenvalue weighted by molar-refractivity contribution is 5.99. The van der Waals surface area contributed by atoms with Crippen molar-refractivity contribution in [2.24, 2.45) is 0 Å². The Hall–Kier alpha value is -2.56. The van der Waals surface area contributed by atoms with Crippen LogP contribution in [0.1, 0.15) is 53.2 Å². The second-order valence-corrected chi connectivity index (χ2v) is 5.64. The maximum atomic E-state index is 12.6. The standard InChI is InChI=1S/C19H24N2O3/c1-3-10-21(11-4-2)19(23)16-8-5-7-15(13-16)18(22)20-14-17-9-6-12-24-17/h5-9,12-13H,3-4,10-11,14H2,1-2H3,(H,20,22). The van der Waals surface area contributed by atoms with Crippen molar-refractivity contribution >= 4 is 11.8 Å². The normalized spacial score (nSPS) is 10.4. The van der Waals surface area contributed by atoms with Gasteiger partial charge in [0.1, 0.15) is 5.76 Å². The van der Waals surface area contributed by atoms with Crippen LogP contribution in [-0.2, 0) is 6.54 Å². The molecular weight excluding hydrogens is 304 g/mol. The molecule has 0 aliphatic carbocycles. The van der Waals surface area contributed by atoms with Crippen LogP contribution in [0.4, 0.5) is 0 Å². The van der Waals surface area contributed by atoms with Gasteiger partial charge in [-0.15, -0.1) is 0 Å². The van der Waals surface area contributed by atoms with Crippen LogP contribution in [0.3, 0.4) is 0 Å². The molecular formula is C19H24N2O3. The summed E-state index contributed by atoms with van der Waals surface area (Å²) < 4.78 is 5.19. The van der Waals surface area contributed by atoms with E-state index in [-0.39, 0.29) is 11.8 Å². The van der Waals surface area contributed by atoms with Crippen LogP contribution in [0.5, 0.6) is 0 Å². The first-order valence-corrected chi connectivity index (χ1v) is 8.35. The van der Waals surface area contributed by atoms with Crippen LogP contribution in [0, 0.1) is 0 Å². The predicted octanol–water partition coefficient (Wildman–Crippen LogP) is 3.47. The van der Waals surface area contributed by atoms with Crippen LogP contribution in [0.2, 0.25) is 0 Å². The van der Waals surface area contributed by atoms with Crippen molar-refractivity contribution in [3.63, 3.8) is 0 Å². The van der Waals surface area contributed by atoms with Gasteiger partial charge in [0.15, 0.2) is 0 Å². The van der Waals surface area contributed by atoms with Crippen LogP contribution in [-0.4, -0.2) is 29.8 Å². The molecule has 1 aromatic heterocycles. The number of furan rings is 1. The van der Waals surface area contributed by atoms with Gasteiger partial charge in [-0.3, -0.25) is 9.59 Å². The van der Waals surface area contributed by atoms with Crippen LogP contribution < -0.4 is 5.32 Å². The van der Waals surface area contributed by atoms with E-state index in [1.807, 2.05) is 4.90 Å². The molecule has 0 saturated heterocycles. The minimum absolute atomic E-state index is 0.0283. The van der Waals surface area contributed by atoms with Crippen molar-refractivity contribution in [2.75, 3.05) is 13.1 Å². The van der Waals surface area contributed by atoms with Gasteiger partial charge in [0.25, 0.3) is 11.8 Å². The molecule has 0 atom stereocenters. The third kappa shape index (κ3) is 4.72. The number of nitrogens with zero attached hydrogens (tertiary/aromatic N) is 1. The predicted molar refractivity (Wildman–Crippen MR) is 92.8 cm³/mol. The fourth-order valence-corrected chi connectivity index (χ4v) is 2.51. The Morgan fingerprint density at radius 3 is 2.38 bits per heavy atom. The molecule has 0 spiro atoms. The van der Waals surface area contributed by atoms with E-state index in [1.54, 1.807) is 42.7 Å². The van der Waals surface area contributed by atoms with Gasteiger partial charge in [0.2, 0.25) is 0 Å². The minimum atomic E-state index is -0.224. The Labute approximate surface area is 142 Å². The van der Waals surface area contributed by atoms with Gasteiger partial charge < -0.3 is 14.6 Å². The van der Waals surface area contributed by atoms with E-state index in [9.17, 15) is 9.59 Å². The largest absolute Gasteiger partial charge is 0.467 e. The van der Waals surface area contributed by atoms with Gasteiger partial charge in [0.05, 0.1) is 12.8 Å². The molecule has 1 N–H and O–H groups in total. The van der Waals surface area contributed by atoms with E-state index in [4.69, 9.17) is 4.42 Å². The molecule has 2 rings (SSSR count). The number of nitrogens with one attached hydrogen (secondary N) is 1. The molecule has 0 saturated carbocycles. The molecule has 0 unspecified atom stereocenters. The van der Waals surface area contributed by atoms with Gasteiger partial charge in [-0.25, -0.2) is 0 Å². The lowest BCUT2D eigenvalue weighted by molar-refractivity contribution is 0.0755. The van der Waals surface area contributed by atoms with Crippen molar-refractivity contribution in [1.29, 1.82) is 0 Å². The molecule has 128 valence electrons. The minimum Gasteiger partial charge on any atom is -0.467 e. The molecule has 5 nitrogen and oxygen atoms in total. The molecule has 0 aliphatic heterocycles. The maximum Gasteiger partial charge on any atom is 0.253 e. The van der Waals surface area contributed by atoms with Crippen molar-refractivity contribution in [3.8, 4) is 0 Å². The number of rotatable bonds is 8. The SMILES string of the molecule is CCCN(CCC)C(=O)c1cccc(C(=O)NCc2ccco2)c1. The van der Waals surface area contributed by atoms with Crippen molar-refractivity contribution in [3.05, 3.63) is 59.5 Å². The molecule has 1 heterocycles. The van der Waals surface area contributed by atoms with Crippen molar-refractivity contribution < 1.29 is 14.0 Å². The topological polar surface area (TPSA) is 62.6 Å². The number of carbonyl (C=O) groups excluding carboxylic acids is 2. The monoisotopic (exact) mass is 328 g/mol. The van der Waals surface area contributed by atoms with Crippen LogP contribution in [0.15, 0.2) is 47.1 Å². The highest BCUT2D eigenvalue weighted by Crippen LogP contribution is 2.10. The van der Waals surface area contributed by atoms with Gasteiger partial charge >= 0.3 is 0 Å². The zero-order chi connectivity index (χ0) is 17.4. The van der Waals surface area contributed by atoms with Gasteiger partial charge in [-0.1, -0.05) is 19.9 Å². The second-order valence-electron chi connectivity index (χ2n) is 5.64. The second kappa shape index (κ2) is 8.91. The van der Waals surface area contributed by atoms with E-state index < -0.39 is 0 Å². The molecule has 5 heteroatoms. The van der Waals surface area contributed by atoms with E-state index in [0.29, 0.717) is 23.4 Å². The van der Waals surface area contributed by atoms with Crippen LogP contribution in [0.25, 0.3) is 0 Å². The van der Waals surface area contributed by atoms with Crippen LogP contribution >= 0.6 is 0 Å². The zero-order valence-corrected chi connectivity index (χ0v) is 14.2. The summed E-state index contributed by atoms with van der Waals surface area (Å²) in [7, 11) is 0. The van der Waals surface area contributed by atoms with E-state index >= 15 is 0 Å². The smallest absolute Gasteiger partial charge is 0.253 e. The summed E-state index contributed by atoms with van der Waals surface area (Å²) in [6, 6.07) is 10.4. The number of hydrogen-bond acceptors (Lipinski definition) is 3. The summed E-state index contributed by atoms with van der Waals surface area (Å²) in [5.41, 5.74) is 1.02. The fraction of sp³-hybridized carbons (Fsp3) is 0.368. The Morgan fingerprint density at radius 2 is 1.75 bits per heavy atom. The molecule has 2 aromatic rings. The fourth-order valence-electron chi connectivity index (χ4n) is 2.51. The summed E-state index contributed by atoms with van der Waals surface area (Å²) in [6.07, 6.45) is 3.39. The number of hydrogen-bond donors (Lipinski definition) is 1. The first-order valence-electron chi connectivity index (χ1n) is 8.35. The average molecular weight is 328 g/mol. The van der Waals surface area contributed by atoms with Gasteiger partial charge in [0, 0.05) is 24.2 Å². The lowest BCUT2D eigenvalue weighted by Crippen LogP contribution is -2.32. The number of carbonyl (C=O) groups is 2. The van der Waals surface area contributed by atoms with E-state index in [0.717, 1.165) is 25.9 Å². The molecule has 0 bridgehead atoms. The third-order valence-corrected chi connectivity index (χ3v) is 3.65. The summed E-state index contributed by atoms with van der Waals surface area (Å²) >= 11 is 0. The van der Waals surface area contributed by atoms with E-state index in [2.05, 4.69) is 19.2 Å². The number of amides is 2. The first kappa shape index (κ1) is 17.8. The van der Waals surface area contributed by atoms with Gasteiger partial charge in [-0.05, 0) is 43.2 Å². The first-order chi connectivity index (χ1) is 11.7. The lowest BCUT2D eigenvalue weighted by Gasteiger charge is -2.21. The maximum absolute atomic E-state index is 12.6. The highest BCUT2D eigenvalue weighted by Gasteiger charge is 2.16. The van der Waals surface area contributed by atoms with Gasteiger partial charge in [-0.2, -0.15) is 0 Å². The Balaban J connectivity index is 2.06. The molecule has 0 aliphatic rings. The highest BCUT2D eigenvalue weighted by atomic mass is 16.3. The average Bonchev–Trinajstić information content (AvgIpc) is 3.12. The Kier molecular flexibility index (Phi) is 6.61. The summed E-state index contributed by atoms with van der Waals surface area (Å²) in [5, 5.41) is 2.79. The molecule has 0 fully saturated rings. The lowest BCUT2D eigenvalue weighted by atomic mass is 10.1. The molecule has 2 amide bonds. The zero-order valence-electron chi connectivity index (χ0n) is 14.2. The Morgan fingerprint density at radius 1 is 1.04 bits per heavy atom. The molecule has 24 heavy (non-hydrogen) atoms. The van der Waals surface area contributed by atoms with E-state index in [1.165, 1.54) is 0 Å². The van der Waals surface area contributed by atoms with Crippen molar-refractivity contribution in [1.82, 2.24) is 10.2 Å². The molecule has 0 radical (unpaired) electrons. The summed E-state index contributed by atoms with van der Waals surface area (Å²) in [6.45, 7) is 5.87. The third-order valence-electron chi connectivity index (χ3n) is 3.65. The summed E-state index contributed by atoms with van der Waals surface area (Å²) in [5.74, 6) is 0.436. The quantitative estimate of drug-likeness (QED) is 0.807. The molecule has 1 aromatic carbocycles. The Bertz CT molecular complexity index is 659. The number of benzene rings is 1.